The molecule has 1 aromatic heterocycles. The van der Waals surface area contributed by atoms with Crippen LogP contribution in [0.25, 0.3) is 6.08 Å². The van der Waals surface area contributed by atoms with Crippen molar-refractivity contribution in [3.8, 4) is 0 Å². The van der Waals surface area contributed by atoms with Crippen LogP contribution in [0.5, 0.6) is 0 Å². The van der Waals surface area contributed by atoms with Crippen molar-refractivity contribution < 1.29 is 14.3 Å². The highest BCUT2D eigenvalue weighted by Gasteiger charge is 2.28. The van der Waals surface area contributed by atoms with Gasteiger partial charge < -0.3 is 15.0 Å². The van der Waals surface area contributed by atoms with Crippen molar-refractivity contribution in [1.82, 2.24) is 10.2 Å². The highest BCUT2D eigenvalue weighted by molar-refractivity contribution is 7.10. The molecule has 26 heavy (non-hydrogen) atoms. The van der Waals surface area contributed by atoms with Gasteiger partial charge in [0.25, 0.3) is 11.8 Å². The zero-order valence-corrected chi connectivity index (χ0v) is 15.7. The monoisotopic (exact) mass is 370 g/mol. The zero-order chi connectivity index (χ0) is 18.5. The molecule has 0 radical (unpaired) electrons. The zero-order valence-electron chi connectivity index (χ0n) is 14.8. The molecule has 0 aliphatic carbocycles. The first-order valence-electron chi connectivity index (χ1n) is 8.59. The predicted octanol–water partition coefficient (Wildman–Crippen LogP) is 3.15. The molecule has 2 amide bonds. The molecule has 2 aromatic rings. The van der Waals surface area contributed by atoms with Crippen molar-refractivity contribution in [2.75, 3.05) is 13.1 Å². The SMILES string of the molecule is C[C@@H]1CN(C(=O)/C(=C/c2cccs2)NC(=O)c2ccccc2)C[C@@H](C)O1. The molecule has 3 rings (SSSR count). The lowest BCUT2D eigenvalue weighted by atomic mass is 10.2. The van der Waals surface area contributed by atoms with E-state index in [1.54, 1.807) is 35.2 Å². The molecule has 0 saturated carbocycles. The van der Waals surface area contributed by atoms with Crippen molar-refractivity contribution in [2.24, 2.45) is 0 Å². The molecule has 1 aliphatic rings. The number of ether oxygens (including phenoxy) is 1. The maximum absolute atomic E-state index is 13.1. The van der Waals surface area contributed by atoms with Gasteiger partial charge in [0, 0.05) is 23.5 Å². The fourth-order valence-corrected chi connectivity index (χ4v) is 3.62. The van der Waals surface area contributed by atoms with Crippen LogP contribution in [-0.4, -0.2) is 42.0 Å². The van der Waals surface area contributed by atoms with E-state index < -0.39 is 0 Å². The van der Waals surface area contributed by atoms with E-state index >= 15 is 0 Å². The van der Waals surface area contributed by atoms with E-state index in [2.05, 4.69) is 5.32 Å². The van der Waals surface area contributed by atoms with Gasteiger partial charge in [-0.25, -0.2) is 0 Å². The van der Waals surface area contributed by atoms with Crippen LogP contribution in [0, 0.1) is 0 Å². The lowest BCUT2D eigenvalue weighted by Gasteiger charge is -2.35. The molecule has 1 fully saturated rings. The first-order valence-corrected chi connectivity index (χ1v) is 9.47. The highest BCUT2D eigenvalue weighted by Crippen LogP contribution is 2.17. The van der Waals surface area contributed by atoms with Crippen LogP contribution in [-0.2, 0) is 9.53 Å². The van der Waals surface area contributed by atoms with Crippen LogP contribution in [0.1, 0.15) is 29.1 Å². The van der Waals surface area contributed by atoms with Gasteiger partial charge in [-0.1, -0.05) is 24.3 Å². The van der Waals surface area contributed by atoms with Crippen LogP contribution in [0.3, 0.4) is 0 Å². The number of amides is 2. The lowest BCUT2D eigenvalue weighted by Crippen LogP contribution is -2.50. The Morgan fingerprint density at radius 1 is 1.12 bits per heavy atom. The van der Waals surface area contributed by atoms with E-state index in [9.17, 15) is 9.59 Å². The van der Waals surface area contributed by atoms with Crippen molar-refractivity contribution in [2.45, 2.75) is 26.1 Å². The van der Waals surface area contributed by atoms with Gasteiger partial charge in [-0.15, -0.1) is 11.3 Å². The van der Waals surface area contributed by atoms with Crippen LogP contribution < -0.4 is 5.32 Å². The molecular weight excluding hydrogens is 348 g/mol. The Balaban J connectivity index is 1.84. The van der Waals surface area contributed by atoms with Gasteiger partial charge in [-0.3, -0.25) is 9.59 Å². The minimum atomic E-state index is -0.295. The first-order chi connectivity index (χ1) is 12.5. The second-order valence-corrected chi connectivity index (χ2v) is 7.34. The number of carbonyl (C=O) groups is 2. The van der Waals surface area contributed by atoms with Crippen molar-refractivity contribution in [3.05, 3.63) is 64.0 Å². The second-order valence-electron chi connectivity index (χ2n) is 6.36. The Hall–Kier alpha value is -2.44. The van der Waals surface area contributed by atoms with Gasteiger partial charge in [0.2, 0.25) is 0 Å². The third kappa shape index (κ3) is 4.59. The number of benzene rings is 1. The number of hydrogen-bond donors (Lipinski definition) is 1. The Morgan fingerprint density at radius 2 is 1.81 bits per heavy atom. The predicted molar refractivity (Wildman–Crippen MR) is 103 cm³/mol. The van der Waals surface area contributed by atoms with Gasteiger partial charge >= 0.3 is 0 Å². The normalized spacial score (nSPS) is 20.7. The Bertz CT molecular complexity index is 777. The molecule has 1 saturated heterocycles. The molecule has 0 spiro atoms. The largest absolute Gasteiger partial charge is 0.372 e. The van der Waals surface area contributed by atoms with Crippen molar-refractivity contribution >= 4 is 29.2 Å². The molecular formula is C20H22N2O3S. The van der Waals surface area contributed by atoms with Crippen molar-refractivity contribution in [3.63, 3.8) is 0 Å². The Kier molecular flexibility index (Phi) is 5.85. The first kappa shape index (κ1) is 18.4. The van der Waals surface area contributed by atoms with E-state index in [1.807, 2.05) is 37.4 Å². The molecule has 1 aromatic carbocycles. The molecule has 1 N–H and O–H groups in total. The minimum Gasteiger partial charge on any atom is -0.372 e. The second kappa shape index (κ2) is 8.29. The number of nitrogens with zero attached hydrogens (tertiary/aromatic N) is 1. The molecule has 2 heterocycles. The van der Waals surface area contributed by atoms with Gasteiger partial charge in [0.1, 0.15) is 5.70 Å². The van der Waals surface area contributed by atoms with Gasteiger partial charge in [-0.2, -0.15) is 0 Å². The Morgan fingerprint density at radius 3 is 2.42 bits per heavy atom. The molecule has 0 unspecified atom stereocenters. The van der Waals surface area contributed by atoms with E-state index in [0.717, 1.165) is 4.88 Å². The molecule has 0 bridgehead atoms. The van der Waals surface area contributed by atoms with Crippen LogP contribution in [0.2, 0.25) is 0 Å². The lowest BCUT2D eigenvalue weighted by molar-refractivity contribution is -0.139. The Labute approximate surface area is 157 Å². The van der Waals surface area contributed by atoms with Crippen LogP contribution in [0.15, 0.2) is 53.5 Å². The van der Waals surface area contributed by atoms with Gasteiger partial charge in [0.15, 0.2) is 0 Å². The highest BCUT2D eigenvalue weighted by atomic mass is 32.1. The summed E-state index contributed by atoms with van der Waals surface area (Å²) >= 11 is 1.52. The van der Waals surface area contributed by atoms with Gasteiger partial charge in [-0.05, 0) is 43.5 Å². The number of rotatable bonds is 4. The summed E-state index contributed by atoms with van der Waals surface area (Å²) in [5.74, 6) is -0.485. The minimum absolute atomic E-state index is 0.0319. The number of carbonyl (C=O) groups excluding carboxylic acids is 2. The smallest absolute Gasteiger partial charge is 0.270 e. The fraction of sp³-hybridized carbons (Fsp3) is 0.300. The van der Waals surface area contributed by atoms with Crippen LogP contribution >= 0.6 is 11.3 Å². The fourth-order valence-electron chi connectivity index (χ4n) is 2.97. The number of hydrogen-bond acceptors (Lipinski definition) is 4. The third-order valence-corrected chi connectivity index (χ3v) is 4.87. The molecule has 1 aliphatic heterocycles. The average molecular weight is 370 g/mol. The quantitative estimate of drug-likeness (QED) is 0.841. The summed E-state index contributed by atoms with van der Waals surface area (Å²) in [5, 5.41) is 4.73. The molecule has 6 heteroatoms. The summed E-state index contributed by atoms with van der Waals surface area (Å²) < 4.78 is 5.70. The molecule has 2 atom stereocenters. The number of nitrogens with one attached hydrogen (secondary N) is 1. The van der Waals surface area contributed by atoms with E-state index in [4.69, 9.17) is 4.74 Å². The third-order valence-electron chi connectivity index (χ3n) is 4.05. The average Bonchev–Trinajstić information content (AvgIpc) is 3.13. The van der Waals surface area contributed by atoms with E-state index in [1.165, 1.54) is 11.3 Å². The summed E-state index contributed by atoms with van der Waals surface area (Å²) in [6.07, 6.45) is 1.67. The molecule has 5 nitrogen and oxygen atoms in total. The van der Waals surface area contributed by atoms with E-state index in [-0.39, 0.29) is 29.7 Å². The standard InChI is InChI=1S/C20H22N2O3S/c1-14-12-22(13-15(2)25-14)20(24)18(11-17-9-6-10-26-17)21-19(23)16-7-4-3-5-8-16/h3-11,14-15H,12-13H2,1-2H3,(H,21,23)/b18-11-/t14-,15-/m1/s1. The van der Waals surface area contributed by atoms with E-state index in [0.29, 0.717) is 18.7 Å². The van der Waals surface area contributed by atoms with Crippen LogP contribution in [0.4, 0.5) is 0 Å². The summed E-state index contributed by atoms with van der Waals surface area (Å²) in [6.45, 7) is 4.90. The summed E-state index contributed by atoms with van der Waals surface area (Å²) in [7, 11) is 0. The van der Waals surface area contributed by atoms with Crippen molar-refractivity contribution in [1.29, 1.82) is 0 Å². The number of thiophene rings is 1. The number of morpholine rings is 1. The maximum atomic E-state index is 13.1. The maximum Gasteiger partial charge on any atom is 0.270 e. The summed E-state index contributed by atoms with van der Waals surface area (Å²) in [6, 6.07) is 12.7. The van der Waals surface area contributed by atoms with Gasteiger partial charge in [0.05, 0.1) is 12.2 Å². The molecule has 136 valence electrons. The topological polar surface area (TPSA) is 58.6 Å². The summed E-state index contributed by atoms with van der Waals surface area (Å²) in [4.78, 5) is 28.3. The summed E-state index contributed by atoms with van der Waals surface area (Å²) in [5.41, 5.74) is 0.795.